The zero-order valence-electron chi connectivity index (χ0n) is 9.60. The Morgan fingerprint density at radius 2 is 2.19 bits per heavy atom. The molecule has 1 N–H and O–H groups in total. The van der Waals surface area contributed by atoms with E-state index in [1.807, 2.05) is 12.4 Å². The monoisotopic (exact) mass is 217 g/mol. The molecule has 0 saturated carbocycles. The molecule has 2 saturated heterocycles. The fourth-order valence-electron chi connectivity index (χ4n) is 2.96. The first-order valence-corrected chi connectivity index (χ1v) is 6.26. The van der Waals surface area contributed by atoms with Crippen molar-refractivity contribution in [2.75, 3.05) is 26.2 Å². The largest absolute Gasteiger partial charge is 0.312 e. The maximum Gasteiger partial charge on any atom is 0.0270 e. The van der Waals surface area contributed by atoms with Gasteiger partial charge in [0.25, 0.3) is 0 Å². The molecule has 3 rings (SSSR count). The first-order valence-electron chi connectivity index (χ1n) is 6.26. The van der Waals surface area contributed by atoms with Gasteiger partial charge in [-0.25, -0.2) is 0 Å². The molecule has 0 spiro atoms. The summed E-state index contributed by atoms with van der Waals surface area (Å²) in [6.07, 6.45) is 6.30. The second-order valence-corrected chi connectivity index (χ2v) is 4.97. The normalized spacial score (nSPS) is 29.5. The summed E-state index contributed by atoms with van der Waals surface area (Å²) >= 11 is 0. The summed E-state index contributed by atoms with van der Waals surface area (Å²) < 4.78 is 0. The highest BCUT2D eigenvalue weighted by Crippen LogP contribution is 2.24. The van der Waals surface area contributed by atoms with Crippen molar-refractivity contribution < 1.29 is 0 Å². The average Bonchev–Trinajstić information content (AvgIpc) is 2.88. The van der Waals surface area contributed by atoms with Crippen LogP contribution in [-0.2, 0) is 6.42 Å². The molecular formula is C13H19N3. The van der Waals surface area contributed by atoms with E-state index in [1.54, 1.807) is 0 Å². The number of aromatic nitrogens is 1. The van der Waals surface area contributed by atoms with E-state index in [-0.39, 0.29) is 0 Å². The minimum atomic E-state index is 0.775. The van der Waals surface area contributed by atoms with Gasteiger partial charge in [-0.3, -0.25) is 4.98 Å². The van der Waals surface area contributed by atoms with Gasteiger partial charge in [0.2, 0.25) is 0 Å². The summed E-state index contributed by atoms with van der Waals surface area (Å²) in [5.74, 6) is 0.914. The number of hydrogen-bond acceptors (Lipinski definition) is 3. The zero-order valence-corrected chi connectivity index (χ0v) is 9.60. The van der Waals surface area contributed by atoms with Gasteiger partial charge >= 0.3 is 0 Å². The Bertz CT molecular complexity index is 326. The van der Waals surface area contributed by atoms with Crippen molar-refractivity contribution >= 4 is 0 Å². The van der Waals surface area contributed by atoms with E-state index < -0.39 is 0 Å². The van der Waals surface area contributed by atoms with Crippen molar-refractivity contribution in [3.63, 3.8) is 0 Å². The molecule has 0 radical (unpaired) electrons. The van der Waals surface area contributed by atoms with E-state index in [4.69, 9.17) is 0 Å². The molecule has 86 valence electrons. The Balaban J connectivity index is 1.50. The number of likely N-dealkylation sites (tertiary alicyclic amines) is 1. The summed E-state index contributed by atoms with van der Waals surface area (Å²) in [4.78, 5) is 6.65. The molecule has 16 heavy (non-hydrogen) atoms. The van der Waals surface area contributed by atoms with Gasteiger partial charge in [0, 0.05) is 38.1 Å². The SMILES string of the molecule is c1cc(CCN2C[C@@H]3CCN[C@@H]3C2)ccn1. The Morgan fingerprint density at radius 3 is 3.00 bits per heavy atom. The molecule has 2 atom stereocenters. The molecule has 1 aromatic rings. The molecule has 1 aromatic heterocycles. The second-order valence-electron chi connectivity index (χ2n) is 4.97. The van der Waals surface area contributed by atoms with E-state index in [2.05, 4.69) is 27.3 Å². The lowest BCUT2D eigenvalue weighted by atomic mass is 10.1. The van der Waals surface area contributed by atoms with Crippen LogP contribution in [-0.4, -0.2) is 42.1 Å². The standard InChI is InChI=1S/C13H19N3/c1-5-14-6-2-11(1)4-8-16-9-12-3-7-15-13(12)10-16/h1-2,5-6,12-13,15H,3-4,7-10H2/t12-,13+/m0/s1. The van der Waals surface area contributed by atoms with Gasteiger partial charge in [-0.1, -0.05) is 0 Å². The van der Waals surface area contributed by atoms with Crippen LogP contribution in [0.5, 0.6) is 0 Å². The molecule has 3 heterocycles. The molecule has 3 heteroatoms. The molecule has 2 aliphatic heterocycles. The summed E-state index contributed by atoms with van der Waals surface area (Å²) in [5.41, 5.74) is 1.40. The number of rotatable bonds is 3. The maximum atomic E-state index is 4.05. The van der Waals surface area contributed by atoms with Crippen molar-refractivity contribution in [2.24, 2.45) is 5.92 Å². The topological polar surface area (TPSA) is 28.2 Å². The number of pyridine rings is 1. The summed E-state index contributed by atoms with van der Waals surface area (Å²) in [7, 11) is 0. The molecule has 0 aromatic carbocycles. The van der Waals surface area contributed by atoms with Gasteiger partial charge < -0.3 is 10.2 Å². The lowest BCUT2D eigenvalue weighted by molar-refractivity contribution is 0.318. The van der Waals surface area contributed by atoms with Crippen molar-refractivity contribution in [3.8, 4) is 0 Å². The smallest absolute Gasteiger partial charge is 0.0270 e. The number of nitrogens with zero attached hydrogens (tertiary/aromatic N) is 2. The lowest BCUT2D eigenvalue weighted by Crippen LogP contribution is -2.31. The van der Waals surface area contributed by atoms with E-state index in [0.29, 0.717) is 0 Å². The molecule has 0 aliphatic carbocycles. The molecule has 3 nitrogen and oxygen atoms in total. The van der Waals surface area contributed by atoms with Gasteiger partial charge in [-0.15, -0.1) is 0 Å². The van der Waals surface area contributed by atoms with Gasteiger partial charge in [0.05, 0.1) is 0 Å². The minimum absolute atomic E-state index is 0.775. The molecule has 0 unspecified atom stereocenters. The van der Waals surface area contributed by atoms with Crippen molar-refractivity contribution in [3.05, 3.63) is 30.1 Å². The van der Waals surface area contributed by atoms with E-state index >= 15 is 0 Å². The molecule has 2 aliphatic rings. The Kier molecular flexibility index (Phi) is 2.89. The molecule has 0 amide bonds. The fourth-order valence-corrected chi connectivity index (χ4v) is 2.96. The van der Waals surface area contributed by atoms with Gasteiger partial charge in [0.15, 0.2) is 0 Å². The Morgan fingerprint density at radius 1 is 1.31 bits per heavy atom. The van der Waals surface area contributed by atoms with E-state index in [1.165, 1.54) is 38.2 Å². The highest BCUT2D eigenvalue weighted by molar-refractivity contribution is 5.10. The van der Waals surface area contributed by atoms with Crippen LogP contribution in [0.25, 0.3) is 0 Å². The van der Waals surface area contributed by atoms with Crippen LogP contribution in [0.15, 0.2) is 24.5 Å². The molecular weight excluding hydrogens is 198 g/mol. The lowest BCUT2D eigenvalue weighted by Gasteiger charge is -2.16. The van der Waals surface area contributed by atoms with E-state index in [0.717, 1.165) is 18.4 Å². The summed E-state index contributed by atoms with van der Waals surface area (Å²) in [6.45, 7) is 4.96. The van der Waals surface area contributed by atoms with Crippen LogP contribution < -0.4 is 5.32 Å². The van der Waals surface area contributed by atoms with Crippen LogP contribution >= 0.6 is 0 Å². The predicted molar refractivity (Wildman–Crippen MR) is 64.3 cm³/mol. The minimum Gasteiger partial charge on any atom is -0.312 e. The zero-order chi connectivity index (χ0) is 10.8. The van der Waals surface area contributed by atoms with Crippen LogP contribution in [0.2, 0.25) is 0 Å². The summed E-state index contributed by atoms with van der Waals surface area (Å²) in [5, 5.41) is 3.60. The fraction of sp³-hybridized carbons (Fsp3) is 0.615. The van der Waals surface area contributed by atoms with Gasteiger partial charge in [-0.05, 0) is 43.0 Å². The Labute approximate surface area is 96.9 Å². The third-order valence-corrected chi connectivity index (χ3v) is 3.90. The van der Waals surface area contributed by atoms with Crippen molar-refractivity contribution in [1.29, 1.82) is 0 Å². The van der Waals surface area contributed by atoms with Crippen LogP contribution in [0.4, 0.5) is 0 Å². The van der Waals surface area contributed by atoms with Crippen LogP contribution in [0.3, 0.4) is 0 Å². The maximum absolute atomic E-state index is 4.05. The second kappa shape index (κ2) is 4.52. The molecule has 0 bridgehead atoms. The van der Waals surface area contributed by atoms with Crippen LogP contribution in [0.1, 0.15) is 12.0 Å². The predicted octanol–water partition coefficient (Wildman–Crippen LogP) is 0.918. The van der Waals surface area contributed by atoms with Gasteiger partial charge in [0.1, 0.15) is 0 Å². The van der Waals surface area contributed by atoms with Crippen molar-refractivity contribution in [1.82, 2.24) is 15.2 Å². The average molecular weight is 217 g/mol. The highest BCUT2D eigenvalue weighted by atomic mass is 15.2. The van der Waals surface area contributed by atoms with Crippen molar-refractivity contribution in [2.45, 2.75) is 18.9 Å². The third-order valence-electron chi connectivity index (χ3n) is 3.90. The van der Waals surface area contributed by atoms with E-state index in [9.17, 15) is 0 Å². The summed E-state index contributed by atoms with van der Waals surface area (Å²) in [6, 6.07) is 5.02. The molecule has 2 fully saturated rings. The highest BCUT2D eigenvalue weighted by Gasteiger charge is 2.35. The number of nitrogens with one attached hydrogen (secondary N) is 1. The third kappa shape index (κ3) is 2.11. The van der Waals surface area contributed by atoms with Gasteiger partial charge in [-0.2, -0.15) is 0 Å². The number of fused-ring (bicyclic) bond motifs is 1. The quantitative estimate of drug-likeness (QED) is 0.816. The first-order chi connectivity index (χ1) is 7.92. The van der Waals surface area contributed by atoms with Crippen LogP contribution in [0, 0.1) is 5.92 Å². The Hall–Kier alpha value is -0.930. The first kappa shape index (κ1) is 10.2. The number of hydrogen-bond donors (Lipinski definition) is 1.